The molecule has 2 aliphatic rings. The second-order valence-electron chi connectivity index (χ2n) is 4.49. The summed E-state index contributed by atoms with van der Waals surface area (Å²) in [6.07, 6.45) is 0.237. The molecule has 2 saturated heterocycles. The minimum atomic E-state index is -1.00. The molecular weight excluding hydrogens is 218 g/mol. The van der Waals surface area contributed by atoms with E-state index in [1.54, 1.807) is 13.8 Å². The second kappa shape index (κ2) is 2.89. The van der Waals surface area contributed by atoms with E-state index in [0.29, 0.717) is 0 Å². The normalized spacial score (nSPS) is 37.4. The van der Waals surface area contributed by atoms with Gasteiger partial charge in [0.2, 0.25) is 5.91 Å². The molecule has 0 aromatic carbocycles. The van der Waals surface area contributed by atoms with Crippen LogP contribution in [0.15, 0.2) is 0 Å². The van der Waals surface area contributed by atoms with Gasteiger partial charge in [0.25, 0.3) is 0 Å². The quantitative estimate of drug-likeness (QED) is 0.648. The third-order valence-corrected chi connectivity index (χ3v) is 4.59. The lowest BCUT2D eigenvalue weighted by atomic mass is 9.93. The van der Waals surface area contributed by atoms with Gasteiger partial charge < -0.3 is 15.1 Å². The van der Waals surface area contributed by atoms with Crippen molar-refractivity contribution in [3.8, 4) is 0 Å². The molecular formula is C9H13NO4S. The Morgan fingerprint density at radius 1 is 1.67 bits per heavy atom. The van der Waals surface area contributed by atoms with Gasteiger partial charge in [-0.25, -0.2) is 4.79 Å². The molecule has 84 valence electrons. The topological polar surface area (TPSA) is 77.8 Å². The molecule has 0 aliphatic carbocycles. The molecule has 2 N–H and O–H groups in total. The molecule has 2 rings (SSSR count). The first-order valence-electron chi connectivity index (χ1n) is 4.70. The lowest BCUT2D eigenvalue weighted by molar-refractivity contribution is -0.165. The average molecular weight is 231 g/mol. The molecule has 1 amide bonds. The van der Waals surface area contributed by atoms with Crippen molar-refractivity contribution in [3.63, 3.8) is 0 Å². The first-order chi connectivity index (χ1) is 6.84. The van der Waals surface area contributed by atoms with Gasteiger partial charge >= 0.3 is 5.97 Å². The van der Waals surface area contributed by atoms with Crippen LogP contribution in [-0.4, -0.2) is 49.3 Å². The summed E-state index contributed by atoms with van der Waals surface area (Å²) in [7, 11) is 0. The van der Waals surface area contributed by atoms with Crippen molar-refractivity contribution < 1.29 is 19.8 Å². The Balaban J connectivity index is 2.39. The molecule has 6 heteroatoms. The molecule has 2 fully saturated rings. The lowest BCUT2D eigenvalue weighted by Crippen LogP contribution is -2.65. The molecule has 2 atom stereocenters. The van der Waals surface area contributed by atoms with Crippen molar-refractivity contribution in [1.29, 1.82) is 0 Å². The number of nitrogens with zero attached hydrogens (tertiary/aromatic N) is 1. The van der Waals surface area contributed by atoms with Crippen molar-refractivity contribution in [1.82, 2.24) is 4.90 Å². The van der Waals surface area contributed by atoms with Crippen molar-refractivity contribution in [2.75, 3.05) is 6.61 Å². The van der Waals surface area contributed by atoms with E-state index < -0.39 is 21.6 Å². The molecule has 0 aromatic rings. The monoisotopic (exact) mass is 231 g/mol. The van der Waals surface area contributed by atoms with Crippen LogP contribution in [0.25, 0.3) is 0 Å². The predicted molar refractivity (Wildman–Crippen MR) is 54.4 cm³/mol. The van der Waals surface area contributed by atoms with Crippen LogP contribution in [0.5, 0.6) is 0 Å². The van der Waals surface area contributed by atoms with Crippen LogP contribution in [0, 0.1) is 0 Å². The van der Waals surface area contributed by atoms with E-state index in [1.807, 2.05) is 0 Å². The Morgan fingerprint density at radius 2 is 2.27 bits per heavy atom. The largest absolute Gasteiger partial charge is 0.480 e. The van der Waals surface area contributed by atoms with Gasteiger partial charge in [-0.15, -0.1) is 11.8 Å². The average Bonchev–Trinajstić information content (AvgIpc) is 2.29. The van der Waals surface area contributed by atoms with E-state index >= 15 is 0 Å². The van der Waals surface area contributed by atoms with E-state index in [-0.39, 0.29) is 18.9 Å². The zero-order chi connectivity index (χ0) is 11.4. The van der Waals surface area contributed by atoms with E-state index in [1.165, 1.54) is 16.7 Å². The zero-order valence-electron chi connectivity index (χ0n) is 8.56. The fourth-order valence-electron chi connectivity index (χ4n) is 2.44. The van der Waals surface area contributed by atoms with E-state index in [9.17, 15) is 14.7 Å². The molecule has 15 heavy (non-hydrogen) atoms. The Kier molecular flexibility index (Phi) is 2.07. The van der Waals surface area contributed by atoms with Gasteiger partial charge in [-0.3, -0.25) is 4.79 Å². The summed E-state index contributed by atoms with van der Waals surface area (Å²) in [4.78, 5) is 23.2. The summed E-state index contributed by atoms with van der Waals surface area (Å²) in [5, 5.41) is 18.4. The SMILES string of the molecule is CC1(C)S[C@]2(CO)CC(=O)N2[C@H]1C(=O)O. The highest BCUT2D eigenvalue weighted by Gasteiger charge is 2.67. The van der Waals surface area contributed by atoms with E-state index in [0.717, 1.165) is 0 Å². The van der Waals surface area contributed by atoms with Gasteiger partial charge in [-0.2, -0.15) is 0 Å². The van der Waals surface area contributed by atoms with Crippen molar-refractivity contribution in [2.45, 2.75) is 35.9 Å². The number of β-lactam (4-membered cyclic amide) rings is 1. The second-order valence-corrected chi connectivity index (χ2v) is 6.51. The predicted octanol–water partition coefficient (Wildman–Crippen LogP) is -0.114. The van der Waals surface area contributed by atoms with E-state index in [2.05, 4.69) is 0 Å². The van der Waals surface area contributed by atoms with Gasteiger partial charge in [0, 0.05) is 4.75 Å². The number of amides is 1. The number of rotatable bonds is 2. The summed E-state index contributed by atoms with van der Waals surface area (Å²) in [6, 6.07) is -0.837. The number of hydrogen-bond donors (Lipinski definition) is 2. The summed E-state index contributed by atoms with van der Waals surface area (Å²) >= 11 is 1.38. The van der Waals surface area contributed by atoms with Gasteiger partial charge in [0.05, 0.1) is 13.0 Å². The number of carbonyl (C=O) groups excluding carboxylic acids is 1. The number of aliphatic hydroxyl groups excluding tert-OH is 1. The summed E-state index contributed by atoms with van der Waals surface area (Å²) in [5.74, 6) is -1.19. The van der Waals surface area contributed by atoms with Crippen LogP contribution >= 0.6 is 11.8 Å². The standard InChI is InChI=1S/C9H13NO4S/c1-8(2)6(7(13)14)10-5(12)3-9(10,4-11)15-8/h6,11H,3-4H2,1-2H3,(H,13,14)/t6-,9-/m0/s1. The van der Waals surface area contributed by atoms with Crippen LogP contribution in [-0.2, 0) is 9.59 Å². The number of carboxylic acid groups (broad SMARTS) is 1. The van der Waals surface area contributed by atoms with Crippen LogP contribution in [0.4, 0.5) is 0 Å². The van der Waals surface area contributed by atoms with Crippen LogP contribution in [0.2, 0.25) is 0 Å². The Bertz CT molecular complexity index is 343. The molecule has 2 heterocycles. The minimum absolute atomic E-state index is 0.184. The van der Waals surface area contributed by atoms with Gasteiger partial charge in [-0.05, 0) is 13.8 Å². The van der Waals surface area contributed by atoms with Crippen LogP contribution < -0.4 is 0 Å². The smallest absolute Gasteiger partial charge is 0.327 e. The van der Waals surface area contributed by atoms with Gasteiger partial charge in [0.15, 0.2) is 0 Å². The molecule has 0 aromatic heterocycles. The van der Waals surface area contributed by atoms with Crippen LogP contribution in [0.3, 0.4) is 0 Å². The Labute approximate surface area is 91.4 Å². The minimum Gasteiger partial charge on any atom is -0.480 e. The first kappa shape index (κ1) is 10.8. The highest BCUT2D eigenvalue weighted by atomic mass is 32.2. The van der Waals surface area contributed by atoms with Crippen molar-refractivity contribution in [3.05, 3.63) is 0 Å². The van der Waals surface area contributed by atoms with Gasteiger partial charge in [-0.1, -0.05) is 0 Å². The maximum Gasteiger partial charge on any atom is 0.327 e. The molecule has 0 bridgehead atoms. The van der Waals surface area contributed by atoms with Gasteiger partial charge in [0.1, 0.15) is 10.9 Å². The fraction of sp³-hybridized carbons (Fsp3) is 0.778. The Morgan fingerprint density at radius 3 is 2.67 bits per heavy atom. The summed E-state index contributed by atoms with van der Waals surface area (Å²) in [5.41, 5.74) is 0. The molecule has 0 radical (unpaired) electrons. The molecule has 5 nitrogen and oxygen atoms in total. The molecule has 0 unspecified atom stereocenters. The molecule has 0 spiro atoms. The third kappa shape index (κ3) is 1.21. The van der Waals surface area contributed by atoms with E-state index in [4.69, 9.17) is 5.11 Å². The number of aliphatic hydroxyl groups is 1. The highest BCUT2D eigenvalue weighted by molar-refractivity contribution is 8.02. The summed E-state index contributed by atoms with van der Waals surface area (Å²) in [6.45, 7) is 3.40. The highest BCUT2D eigenvalue weighted by Crippen LogP contribution is 2.57. The van der Waals surface area contributed by atoms with Crippen molar-refractivity contribution >= 4 is 23.6 Å². The third-order valence-electron chi connectivity index (χ3n) is 2.99. The number of carbonyl (C=O) groups is 2. The number of fused-ring (bicyclic) bond motifs is 1. The van der Waals surface area contributed by atoms with Crippen LogP contribution in [0.1, 0.15) is 20.3 Å². The number of thioether (sulfide) groups is 1. The maximum atomic E-state index is 11.4. The number of aliphatic carboxylic acids is 1. The fourth-order valence-corrected chi connectivity index (χ4v) is 4.30. The first-order valence-corrected chi connectivity index (χ1v) is 5.52. The maximum absolute atomic E-state index is 11.4. The number of carboxylic acids is 1. The number of hydrogen-bond acceptors (Lipinski definition) is 4. The summed E-state index contributed by atoms with van der Waals surface area (Å²) < 4.78 is -0.555. The lowest BCUT2D eigenvalue weighted by Gasteiger charge is -2.46. The van der Waals surface area contributed by atoms with Crippen molar-refractivity contribution in [2.24, 2.45) is 0 Å². The zero-order valence-corrected chi connectivity index (χ0v) is 9.37. The molecule has 2 aliphatic heterocycles. The Hall–Kier alpha value is -0.750. The molecule has 0 saturated carbocycles.